The topological polar surface area (TPSA) is 155 Å². The van der Waals surface area contributed by atoms with E-state index in [1.54, 1.807) is 88.6 Å². The Hall–Kier alpha value is -1.80. The zero-order valence-electron chi connectivity index (χ0n) is 31.0. The summed E-state index contributed by atoms with van der Waals surface area (Å²) in [6.07, 6.45) is 20.3. The Balaban J connectivity index is 0.000000367. The molecule has 64 heavy (non-hydrogen) atoms. The van der Waals surface area contributed by atoms with Gasteiger partial charge >= 0.3 is 0 Å². The molecular formula is C36H20F8I8N12. The standard InChI is InChI=1S/2C5H2F2IN.2C5H4IN.2C4HF2IN2.2C4H3IN2/c6-3-1-9-2-4(7)5(3)8;6-3-1-2-9-5(7)4(3)8;6-5-1-3-7-4-2-5;6-5-2-1-3-7-4-5;5-3-2(7)4(6)9-1-8-3;5-2-1-8-9-4(6)3(2)7;5-4-1-6-3-7-2-4;5-4-1-2-6-7-3-4/h2*1-2H;2*1-4H;2*1H;2*1-3H. The summed E-state index contributed by atoms with van der Waals surface area (Å²) >= 11 is 14.9. The van der Waals surface area contributed by atoms with Crippen molar-refractivity contribution in [3.63, 3.8) is 0 Å². The van der Waals surface area contributed by atoms with Crippen molar-refractivity contribution in [2.75, 3.05) is 0 Å². The summed E-state index contributed by atoms with van der Waals surface area (Å²) in [5.41, 5.74) is 0. The van der Waals surface area contributed by atoms with Gasteiger partial charge < -0.3 is 0 Å². The molecule has 0 bridgehead atoms. The zero-order chi connectivity index (χ0) is 47.9. The highest BCUT2D eigenvalue weighted by Gasteiger charge is 2.06. The molecule has 0 aromatic carbocycles. The van der Waals surface area contributed by atoms with Crippen molar-refractivity contribution < 1.29 is 35.1 Å². The lowest BCUT2D eigenvalue weighted by atomic mass is 10.5. The molecular weight excluding hydrogens is 1770 g/mol. The molecule has 0 aliphatic carbocycles. The minimum Gasteiger partial charge on any atom is -0.265 e. The zero-order valence-corrected chi connectivity index (χ0v) is 48.2. The van der Waals surface area contributed by atoms with Gasteiger partial charge in [-0.2, -0.15) is 32.9 Å². The molecule has 0 unspecified atom stereocenters. The average molecular weight is 1790 g/mol. The van der Waals surface area contributed by atoms with Crippen LogP contribution in [0.2, 0.25) is 0 Å². The molecule has 8 heterocycles. The van der Waals surface area contributed by atoms with Gasteiger partial charge in [-0.3, -0.25) is 15.0 Å². The Morgan fingerprint density at radius 1 is 0.312 bits per heavy atom. The minimum atomic E-state index is -0.865. The van der Waals surface area contributed by atoms with E-state index in [9.17, 15) is 35.1 Å². The van der Waals surface area contributed by atoms with Crippen LogP contribution in [0, 0.1) is 75.6 Å². The largest absolute Gasteiger partial charge is 0.265 e. The maximum Gasteiger partial charge on any atom is 0.249 e. The molecule has 12 nitrogen and oxygen atoms in total. The highest BCUT2D eigenvalue weighted by molar-refractivity contribution is 14.1. The van der Waals surface area contributed by atoms with E-state index >= 15 is 0 Å². The van der Waals surface area contributed by atoms with E-state index in [1.165, 1.54) is 58.6 Å². The number of aromatic nitrogens is 12. The van der Waals surface area contributed by atoms with E-state index < -0.39 is 47.1 Å². The van der Waals surface area contributed by atoms with Crippen molar-refractivity contribution in [1.82, 2.24) is 60.3 Å². The average Bonchev–Trinajstić information content (AvgIpc) is 3.28. The first-order valence-electron chi connectivity index (χ1n) is 15.9. The minimum absolute atomic E-state index is 0.0115. The predicted octanol–water partition coefficient (Wildman–Crippen LogP) is 12.2. The molecule has 0 saturated carbocycles. The quantitative estimate of drug-likeness (QED) is 0.0614. The van der Waals surface area contributed by atoms with Crippen LogP contribution in [0.5, 0.6) is 0 Å². The molecule has 336 valence electrons. The van der Waals surface area contributed by atoms with E-state index in [4.69, 9.17) is 0 Å². The summed E-state index contributed by atoms with van der Waals surface area (Å²) in [4.78, 5) is 28.0. The van der Waals surface area contributed by atoms with Crippen molar-refractivity contribution in [3.05, 3.63) is 199 Å². The Labute approximate surface area is 468 Å². The molecule has 28 heteroatoms. The normalized spacial score (nSPS) is 9.25. The number of nitrogens with zero attached hydrogens (tertiary/aromatic N) is 12. The van der Waals surface area contributed by atoms with Crippen LogP contribution in [-0.4, -0.2) is 60.3 Å². The lowest BCUT2D eigenvalue weighted by Crippen LogP contribution is -1.94. The van der Waals surface area contributed by atoms with Crippen molar-refractivity contribution in [3.8, 4) is 0 Å². The first kappa shape index (κ1) is 60.2. The van der Waals surface area contributed by atoms with Crippen LogP contribution in [0.1, 0.15) is 0 Å². The summed E-state index contributed by atoms with van der Waals surface area (Å²) in [5, 5.41) is 13.2. The van der Waals surface area contributed by atoms with Gasteiger partial charge in [0, 0.05) is 57.7 Å². The van der Waals surface area contributed by atoms with E-state index in [0.29, 0.717) is 0 Å². The molecule has 0 N–H and O–H groups in total. The van der Waals surface area contributed by atoms with Crippen LogP contribution in [0.15, 0.2) is 123 Å². The molecule has 0 amide bonds. The molecule has 0 aliphatic heterocycles. The molecule has 0 aliphatic rings. The Morgan fingerprint density at radius 3 is 1.19 bits per heavy atom. The highest BCUT2D eigenvalue weighted by atomic mass is 127. The van der Waals surface area contributed by atoms with Crippen LogP contribution < -0.4 is 0 Å². The van der Waals surface area contributed by atoms with Gasteiger partial charge in [0.1, 0.15) is 29.2 Å². The van der Waals surface area contributed by atoms with E-state index in [0.717, 1.165) is 44.3 Å². The van der Waals surface area contributed by atoms with Gasteiger partial charge in [0.05, 0.1) is 34.6 Å². The van der Waals surface area contributed by atoms with Gasteiger partial charge in [0.25, 0.3) is 0 Å². The predicted molar refractivity (Wildman–Crippen MR) is 286 cm³/mol. The molecule has 0 saturated heterocycles. The molecule has 8 rings (SSSR count). The summed E-state index contributed by atoms with van der Waals surface area (Å²) in [6.45, 7) is 0. The van der Waals surface area contributed by atoms with Crippen LogP contribution >= 0.6 is 181 Å². The van der Waals surface area contributed by atoms with Gasteiger partial charge in [-0.25, -0.2) is 42.5 Å². The maximum atomic E-state index is 12.3. The second kappa shape index (κ2) is 36.3. The number of halogens is 16. The third-order valence-electron chi connectivity index (χ3n) is 5.35. The lowest BCUT2D eigenvalue weighted by molar-refractivity contribution is 0.511. The van der Waals surface area contributed by atoms with Crippen LogP contribution in [-0.2, 0) is 0 Å². The lowest BCUT2D eigenvalue weighted by Gasteiger charge is -1.91. The van der Waals surface area contributed by atoms with Crippen molar-refractivity contribution in [2.45, 2.75) is 0 Å². The van der Waals surface area contributed by atoms with Gasteiger partial charge in [0.15, 0.2) is 17.5 Å². The molecule has 8 aromatic rings. The Morgan fingerprint density at radius 2 is 0.844 bits per heavy atom. The molecule has 0 spiro atoms. The number of rotatable bonds is 0. The van der Waals surface area contributed by atoms with Crippen molar-refractivity contribution in [2.24, 2.45) is 0 Å². The fourth-order valence-electron chi connectivity index (χ4n) is 2.68. The monoisotopic (exact) mass is 1790 g/mol. The summed E-state index contributed by atoms with van der Waals surface area (Å²) in [7, 11) is 0. The van der Waals surface area contributed by atoms with E-state index in [-0.39, 0.29) is 14.3 Å². The van der Waals surface area contributed by atoms with Crippen molar-refractivity contribution in [1.29, 1.82) is 0 Å². The first-order valence-corrected chi connectivity index (χ1v) is 24.5. The second-order valence-electron chi connectivity index (χ2n) is 9.84. The van der Waals surface area contributed by atoms with Crippen molar-refractivity contribution >= 4 is 181 Å². The summed E-state index contributed by atoms with van der Waals surface area (Å²) in [5.74, 6) is -5.73. The van der Waals surface area contributed by atoms with E-state index in [1.807, 2.05) is 36.5 Å². The van der Waals surface area contributed by atoms with Gasteiger partial charge in [-0.1, -0.05) is 0 Å². The summed E-state index contributed by atoms with van der Waals surface area (Å²) in [6, 6.07) is 10.9. The molecule has 0 atom stereocenters. The molecule has 0 fully saturated rings. The molecule has 0 radical (unpaired) electrons. The second-order valence-corrected chi connectivity index (χ2v) is 19.1. The Kier molecular flexibility index (Phi) is 34.1. The third-order valence-corrected chi connectivity index (χ3v) is 11.7. The first-order chi connectivity index (χ1) is 30.4. The number of hydrogen-bond acceptors (Lipinski definition) is 12. The van der Waals surface area contributed by atoms with Gasteiger partial charge in [-0.05, 0) is 217 Å². The van der Waals surface area contributed by atoms with Crippen LogP contribution in [0.3, 0.4) is 0 Å². The fourth-order valence-corrected chi connectivity index (χ4v) is 5.10. The van der Waals surface area contributed by atoms with Crippen LogP contribution in [0.25, 0.3) is 0 Å². The SMILES string of the molecule is Fc1ccnc(F)c1I.Fc1cncc(F)c1I.Fc1cnnc(F)c1I.Fc1ncnc(F)c1I.Ic1cccnc1.Ic1ccncc1.Ic1ccnnc1.Ic1cncnc1. The smallest absolute Gasteiger partial charge is 0.249 e. The fraction of sp³-hybridized carbons (Fsp3) is 0. The van der Waals surface area contributed by atoms with Gasteiger partial charge in [0.2, 0.25) is 23.8 Å². The highest BCUT2D eigenvalue weighted by Crippen LogP contribution is 2.13. The number of hydrogen-bond donors (Lipinski definition) is 0. The maximum absolute atomic E-state index is 12.3. The van der Waals surface area contributed by atoms with E-state index in [2.05, 4.69) is 151 Å². The van der Waals surface area contributed by atoms with Crippen LogP contribution in [0.4, 0.5) is 35.1 Å². The Bertz CT molecular complexity index is 2080. The van der Waals surface area contributed by atoms with Gasteiger partial charge in [-0.15, -0.1) is 5.10 Å². The molecule has 8 aromatic heterocycles. The summed E-state index contributed by atoms with van der Waals surface area (Å²) < 4.78 is 102. The third kappa shape index (κ3) is 28.4. The number of pyridine rings is 4.